The van der Waals surface area contributed by atoms with Crippen LogP contribution in [0.1, 0.15) is 83.5 Å². The van der Waals surface area contributed by atoms with Gasteiger partial charge in [0.05, 0.1) is 29.7 Å². The van der Waals surface area contributed by atoms with Crippen molar-refractivity contribution < 1.29 is 169 Å². The second kappa shape index (κ2) is 33.8. The maximum Gasteiger partial charge on any atom is 1.00 e. The van der Waals surface area contributed by atoms with Crippen molar-refractivity contribution in [3.63, 3.8) is 0 Å². The topological polar surface area (TPSA) is 340 Å². The minimum Gasteiger partial charge on any atom is -1.00 e. The van der Waals surface area contributed by atoms with Crippen LogP contribution in [-0.2, 0) is 33.7 Å². The molecule has 0 amide bonds. The molecule has 0 aliphatic rings. The third kappa shape index (κ3) is 23.0. The number of ether oxygens (including phenoxy) is 1. The van der Waals surface area contributed by atoms with Gasteiger partial charge in [0.1, 0.15) is 17.8 Å². The number of aromatic nitrogens is 1. The molecule has 0 fully saturated rings. The van der Waals surface area contributed by atoms with Gasteiger partial charge in [-0.2, -0.15) is 0 Å². The first-order valence-corrected chi connectivity index (χ1v) is 13.4. The molecule has 3 heterocycles. The number of nitrogens with one attached hydrogen (secondary N) is 1. The number of aliphatic hydroxyl groups excluding tert-OH is 3. The van der Waals surface area contributed by atoms with Crippen LogP contribution in [0.4, 0.5) is 0 Å². The summed E-state index contributed by atoms with van der Waals surface area (Å²) in [5.41, 5.74) is -0.675. The summed E-state index contributed by atoms with van der Waals surface area (Å²) < 4.78 is 14.1. The zero-order valence-electron chi connectivity index (χ0n) is 30.3. The fourth-order valence-electron chi connectivity index (χ4n) is 2.90. The molecule has 272 valence electrons. The predicted octanol–water partition coefficient (Wildman–Crippen LogP) is -5.57. The SMILES string of the molecule is CCc1[nH]cc(C(C)O)c(=O)c1O.CCc1occ(C(C)O)c(=O)c1O.CCc1occc(=O)c1O.COC(C)O.N.O.O=CO[O-].[H-].[K+].[K+]. The molecular weight excluding hydrogens is 711 g/mol. The van der Waals surface area contributed by atoms with Gasteiger partial charge in [-0.1, -0.05) is 20.8 Å². The van der Waals surface area contributed by atoms with Crippen LogP contribution in [0.3, 0.4) is 0 Å². The van der Waals surface area contributed by atoms with E-state index in [1.807, 2.05) is 6.92 Å². The molecule has 0 aromatic carbocycles. The van der Waals surface area contributed by atoms with E-state index < -0.39 is 35.1 Å². The van der Waals surface area contributed by atoms with E-state index in [-0.39, 0.29) is 156 Å². The van der Waals surface area contributed by atoms with Crippen molar-refractivity contribution in [3.05, 3.63) is 83.8 Å². The fraction of sp³-hybridized carbons (Fsp3) is 0.448. The predicted molar refractivity (Wildman–Crippen MR) is 167 cm³/mol. The first-order valence-electron chi connectivity index (χ1n) is 13.4. The van der Waals surface area contributed by atoms with Crippen LogP contribution >= 0.6 is 0 Å². The average molecular weight is 759 g/mol. The van der Waals surface area contributed by atoms with Crippen molar-refractivity contribution in [2.24, 2.45) is 0 Å². The summed E-state index contributed by atoms with van der Waals surface area (Å²) in [5.74, 6) is -0.381. The Morgan fingerprint density at radius 3 is 1.63 bits per heavy atom. The number of H-pyrrole nitrogens is 1. The molecule has 12 N–H and O–H groups in total. The van der Waals surface area contributed by atoms with Crippen LogP contribution in [0.15, 0.2) is 48.0 Å². The van der Waals surface area contributed by atoms with Gasteiger partial charge in [0, 0.05) is 37.8 Å². The minimum absolute atomic E-state index is 0. The van der Waals surface area contributed by atoms with E-state index in [0.29, 0.717) is 30.7 Å². The number of carbonyl (C=O) groups is 1. The van der Waals surface area contributed by atoms with Gasteiger partial charge in [0.25, 0.3) is 6.47 Å². The zero-order chi connectivity index (χ0) is 35.3. The Bertz CT molecular complexity index is 1390. The van der Waals surface area contributed by atoms with Crippen LogP contribution in [0.5, 0.6) is 17.2 Å². The molecule has 3 aromatic heterocycles. The van der Waals surface area contributed by atoms with Crippen LogP contribution in [-0.4, -0.2) is 61.0 Å². The Morgan fingerprint density at radius 2 is 1.29 bits per heavy atom. The monoisotopic (exact) mass is 758 g/mol. The average Bonchev–Trinajstić information content (AvgIpc) is 3.01. The first kappa shape index (κ1) is 59.8. The molecule has 20 heteroatoms. The Kier molecular flexibility index (Phi) is 41.3. The number of hydrogen-bond donors (Lipinski definition) is 8. The van der Waals surface area contributed by atoms with Gasteiger partial charge < -0.3 is 72.4 Å². The maximum absolute atomic E-state index is 11.4. The zero-order valence-corrected chi connectivity index (χ0v) is 35.6. The van der Waals surface area contributed by atoms with Gasteiger partial charge in [-0.3, -0.25) is 19.2 Å². The van der Waals surface area contributed by atoms with Crippen LogP contribution < -0.4 is 130 Å². The Hall–Kier alpha value is -1.29. The summed E-state index contributed by atoms with van der Waals surface area (Å²) in [6, 6.07) is 1.19. The van der Waals surface area contributed by atoms with E-state index >= 15 is 0 Å². The number of aromatic amines is 1. The summed E-state index contributed by atoms with van der Waals surface area (Å²) >= 11 is 0. The fourth-order valence-corrected chi connectivity index (χ4v) is 2.90. The quantitative estimate of drug-likeness (QED) is 0.0366. The second-order valence-electron chi connectivity index (χ2n) is 8.69. The van der Waals surface area contributed by atoms with Gasteiger partial charge in [-0.05, 0) is 27.2 Å². The van der Waals surface area contributed by atoms with Crippen molar-refractivity contribution in [1.82, 2.24) is 11.1 Å². The number of hydrogen-bond acceptors (Lipinski definition) is 16. The van der Waals surface area contributed by atoms with E-state index in [1.54, 1.807) is 20.8 Å². The van der Waals surface area contributed by atoms with E-state index in [0.717, 1.165) is 0 Å². The van der Waals surface area contributed by atoms with Crippen molar-refractivity contribution in [2.75, 3.05) is 7.11 Å². The molecule has 3 aromatic rings. The van der Waals surface area contributed by atoms with Gasteiger partial charge >= 0.3 is 103 Å². The number of carbonyl (C=O) groups excluding carboxylic acids is 1. The van der Waals surface area contributed by atoms with Gasteiger partial charge in [-0.25, -0.2) is 0 Å². The molecule has 0 bridgehead atoms. The molecule has 0 aliphatic heterocycles. The standard InChI is InChI=1S/C9H13NO3.C9H12O4.C7H8O3.C3H8O2.CH2O3.2K.H3N.H2O.H/c1-3-7-9(13)8(12)6(4-10-7)5(2)11;1-3-7-9(12)8(11)6(4-13-7)5(2)10;1-2-6-7(9)5(8)3-4-10-6;1-3(4)5-2;2-1-4-3;;;;;/h4-5,11,13H,3H2,1-2H3,(H,10,12);4-5,10,12H,3H2,1-2H3;3-4,9H,2H2,1H3;3-4H,1-2H3;1,3H;;;1H3;1H2;/q;;;;;2*+1;;;-1/p-1. The number of aryl methyl sites for hydroxylation is 3. The molecular formula is C29H48K2N2O16. The third-order valence-corrected chi connectivity index (χ3v) is 5.44. The molecule has 0 saturated heterocycles. The van der Waals surface area contributed by atoms with Crippen molar-refractivity contribution in [3.8, 4) is 17.2 Å². The van der Waals surface area contributed by atoms with E-state index in [2.05, 4.69) is 14.6 Å². The van der Waals surface area contributed by atoms with Crippen molar-refractivity contribution in [1.29, 1.82) is 0 Å². The number of rotatable bonds is 7. The third-order valence-electron chi connectivity index (χ3n) is 5.44. The summed E-state index contributed by atoms with van der Waals surface area (Å²) in [6.07, 6.45) is 3.03. The second-order valence-corrected chi connectivity index (χ2v) is 8.69. The van der Waals surface area contributed by atoms with Gasteiger partial charge in [0.15, 0.2) is 12.0 Å². The molecule has 0 spiro atoms. The van der Waals surface area contributed by atoms with Gasteiger partial charge in [-0.15, -0.1) is 0 Å². The normalized spacial score (nSPS) is 10.8. The van der Waals surface area contributed by atoms with E-state index in [9.17, 15) is 24.6 Å². The summed E-state index contributed by atoms with van der Waals surface area (Å²) in [7, 11) is 1.45. The van der Waals surface area contributed by atoms with Gasteiger partial charge in [0.2, 0.25) is 27.8 Å². The number of aliphatic hydroxyl groups is 3. The molecule has 3 rings (SSSR count). The first-order chi connectivity index (χ1) is 21.1. The largest absolute Gasteiger partial charge is 1.00 e. The molecule has 18 nitrogen and oxygen atoms in total. The summed E-state index contributed by atoms with van der Waals surface area (Å²) in [6.45, 7) is 9.69. The Labute approximate surface area is 369 Å². The van der Waals surface area contributed by atoms with E-state index in [4.69, 9.17) is 39.3 Å². The Balaban J connectivity index is -0.0000000952. The molecule has 3 atom stereocenters. The smallest absolute Gasteiger partial charge is 1.00 e. The molecule has 0 saturated carbocycles. The molecule has 0 aliphatic carbocycles. The summed E-state index contributed by atoms with van der Waals surface area (Å²) in [4.78, 5) is 47.4. The molecule has 3 unspecified atom stereocenters. The van der Waals surface area contributed by atoms with Crippen LogP contribution in [0, 0.1) is 0 Å². The number of methoxy groups -OCH3 is 1. The van der Waals surface area contributed by atoms with Crippen LogP contribution in [0.2, 0.25) is 0 Å². The van der Waals surface area contributed by atoms with Crippen molar-refractivity contribution >= 4 is 6.47 Å². The van der Waals surface area contributed by atoms with E-state index in [1.165, 1.54) is 45.7 Å². The molecule has 49 heavy (non-hydrogen) atoms. The number of pyridine rings is 1. The minimum atomic E-state index is -0.923. The summed E-state index contributed by atoms with van der Waals surface area (Å²) in [5, 5.41) is 62.5. The number of aromatic hydroxyl groups is 3. The van der Waals surface area contributed by atoms with Crippen LogP contribution in [0.25, 0.3) is 0 Å². The Morgan fingerprint density at radius 1 is 0.857 bits per heavy atom. The molecule has 0 radical (unpaired) electrons. The van der Waals surface area contributed by atoms with Crippen molar-refractivity contribution in [2.45, 2.75) is 79.3 Å². The maximum atomic E-state index is 11.4.